The van der Waals surface area contributed by atoms with Gasteiger partial charge in [-0.1, -0.05) is 334 Å². The summed E-state index contributed by atoms with van der Waals surface area (Å²) in [6, 6.07) is -2.62. The summed E-state index contributed by atoms with van der Waals surface area (Å²) in [6.07, 6.45) is 46.5. The van der Waals surface area contributed by atoms with Crippen LogP contribution in [0.2, 0.25) is 0 Å². The number of hydrogen-bond acceptors (Lipinski definition) is 20. The lowest BCUT2D eigenvalue weighted by molar-refractivity contribution is -0.386. The summed E-state index contributed by atoms with van der Waals surface area (Å²) in [5.74, 6) is -6.13. The van der Waals surface area contributed by atoms with Crippen LogP contribution < -0.4 is 10.6 Å². The minimum absolute atomic E-state index is 0.203. The van der Waals surface area contributed by atoms with Crippen molar-refractivity contribution in [1.29, 1.82) is 0 Å². The van der Waals surface area contributed by atoms with Gasteiger partial charge in [-0.2, -0.15) is 0 Å². The molecule has 0 saturated carbocycles. The first-order valence-corrected chi connectivity index (χ1v) is 44.7. The van der Waals surface area contributed by atoms with Crippen molar-refractivity contribution in [1.82, 2.24) is 10.6 Å². The van der Waals surface area contributed by atoms with Crippen LogP contribution in [0, 0.1) is 0 Å². The van der Waals surface area contributed by atoms with Gasteiger partial charge in [0.1, 0.15) is 67.1 Å². The van der Waals surface area contributed by atoms with Gasteiger partial charge in [-0.05, 0) is 44.9 Å². The first-order chi connectivity index (χ1) is 53.4. The molecule has 23 heteroatoms. The lowest BCUT2D eigenvalue weighted by Crippen LogP contribution is -2.70. The van der Waals surface area contributed by atoms with Gasteiger partial charge in [0.25, 0.3) is 5.79 Å². The van der Waals surface area contributed by atoms with E-state index in [0.29, 0.717) is 12.8 Å². The van der Waals surface area contributed by atoms with Crippen molar-refractivity contribution in [2.45, 2.75) is 484 Å². The van der Waals surface area contributed by atoms with Gasteiger partial charge in [-0.15, -0.1) is 0 Å². The van der Waals surface area contributed by atoms with Crippen LogP contribution in [0.4, 0.5) is 0 Å². The zero-order valence-corrected chi connectivity index (χ0v) is 68.9. The molecule has 23 nitrogen and oxygen atoms in total. The van der Waals surface area contributed by atoms with Crippen LogP contribution in [0.3, 0.4) is 0 Å². The van der Waals surface area contributed by atoms with E-state index in [2.05, 4.69) is 36.6 Å². The van der Waals surface area contributed by atoms with E-state index >= 15 is 0 Å². The third-order valence-corrected chi connectivity index (χ3v) is 22.6. The molecule has 3 fully saturated rings. The maximum absolute atomic E-state index is 13.6. The van der Waals surface area contributed by atoms with Crippen LogP contribution in [-0.4, -0.2) is 215 Å². The summed E-state index contributed by atoms with van der Waals surface area (Å²) in [5.41, 5.74) is 0. The van der Waals surface area contributed by atoms with E-state index in [9.17, 15) is 75.7 Å². The first kappa shape index (κ1) is 101. The highest BCUT2D eigenvalue weighted by Gasteiger charge is 2.60. The van der Waals surface area contributed by atoms with E-state index in [4.69, 9.17) is 28.4 Å². The molecule has 0 aliphatic carbocycles. The van der Waals surface area contributed by atoms with Crippen LogP contribution >= 0.6 is 0 Å². The van der Waals surface area contributed by atoms with Gasteiger partial charge < -0.3 is 100 Å². The van der Waals surface area contributed by atoms with Gasteiger partial charge in [-0.3, -0.25) is 9.59 Å². The van der Waals surface area contributed by atoms with Crippen molar-refractivity contribution < 1.29 is 104 Å². The van der Waals surface area contributed by atoms with E-state index in [1.54, 1.807) is 6.08 Å². The van der Waals surface area contributed by atoms with Crippen LogP contribution in [0.25, 0.3) is 0 Å². The summed E-state index contributed by atoms with van der Waals surface area (Å²) >= 11 is 0. The van der Waals surface area contributed by atoms with Crippen molar-refractivity contribution >= 4 is 17.8 Å². The molecule has 0 radical (unpaired) electrons. The van der Waals surface area contributed by atoms with Crippen LogP contribution in [-0.2, 0) is 42.8 Å². The molecule has 3 rings (SSSR count). The molecule has 2 amide bonds. The van der Waals surface area contributed by atoms with Crippen LogP contribution in [0.1, 0.15) is 374 Å². The summed E-state index contributed by atoms with van der Waals surface area (Å²) < 4.78 is 35.0. The number of carboxylic acid groups (broad SMARTS) is 1. The van der Waals surface area contributed by atoms with Crippen LogP contribution in [0.15, 0.2) is 24.3 Å². The lowest BCUT2D eigenvalue weighted by atomic mass is 9.88. The largest absolute Gasteiger partial charge is 0.477 e. The fraction of sp³-hybridized carbons (Fsp3) is 0.920. The number of ether oxygens (including phenoxy) is 6. The Labute approximate surface area is 664 Å². The third-order valence-electron chi connectivity index (χ3n) is 22.6. The lowest BCUT2D eigenvalue weighted by Gasteiger charge is -2.50. The Morgan fingerprint density at radius 2 is 0.855 bits per heavy atom. The summed E-state index contributed by atoms with van der Waals surface area (Å²) in [6.45, 7) is 2.21. The Kier molecular flexibility index (Phi) is 60.2. The molecule has 0 aromatic rings. The number of nitrogens with one attached hydrogen (secondary N) is 2. The van der Waals surface area contributed by atoms with Gasteiger partial charge in [-0.25, -0.2) is 4.79 Å². The number of hydrogen-bond donors (Lipinski definition) is 14. The first-order valence-electron chi connectivity index (χ1n) is 44.7. The minimum Gasteiger partial charge on any atom is -0.477 e. The van der Waals surface area contributed by atoms with E-state index in [1.807, 2.05) is 6.08 Å². The molecule has 0 bridgehead atoms. The molecular weight excluding hydrogens is 1410 g/mol. The Morgan fingerprint density at radius 1 is 0.473 bits per heavy atom. The SMILES string of the molecule is CCCCCCCCCCCCCC/C=C\CCCCCCCCCCCCCCCCCCC(=O)NC(COC1OC(CO)C(OC2OC(CO)C(O)C(OC3(C(=O)O)CC(O)C(NC(C)=O)C(C(O)C(O)CO)O3)C2O)C(O)C1O)C(O)/C=C/CCCCCCCCCCCCCCCCCCCCCCCC. The fourth-order valence-electron chi connectivity index (χ4n) is 15.6. The van der Waals surface area contributed by atoms with Gasteiger partial charge in [0.2, 0.25) is 11.8 Å². The standard InChI is InChI=1S/C87H162N2O21/c1-4-6-8-10-12-14-16-18-20-22-24-26-28-30-31-32-33-34-35-36-37-39-41-43-45-47-49-51-53-55-57-59-61-74(97)89-68(69(94)60-58-56-54-52-50-48-46-44-42-40-38-29-27-25-23-21-19-17-15-13-11-9-7-5-2)66-105-84-79(101)78(100)81(73(65-92)107-84)108-85-80(102)83(77(99)72(64-91)106-85)110-87(86(103)104)62-70(95)75(88-67(3)93)82(109-87)76(98)71(96)63-90/h30-31,58,60,68-73,75-85,90-92,94-96,98-102H,4-29,32-57,59,61-66H2,1-3H3,(H,88,93)(H,89,97)(H,103,104)/b31-30-,60-58+. The Hall–Kier alpha value is -2.79. The van der Waals surface area contributed by atoms with Crippen molar-refractivity contribution in [3.05, 3.63) is 24.3 Å². The zero-order chi connectivity index (χ0) is 80.3. The smallest absolute Gasteiger partial charge is 0.364 e. The molecule has 0 aromatic heterocycles. The average molecular weight is 1570 g/mol. The number of rotatable bonds is 72. The van der Waals surface area contributed by atoms with Crippen LogP contribution in [0.5, 0.6) is 0 Å². The molecule has 18 atom stereocenters. The monoisotopic (exact) mass is 1570 g/mol. The molecule has 3 aliphatic heterocycles. The highest BCUT2D eigenvalue weighted by atomic mass is 16.8. The third kappa shape index (κ3) is 44.0. The molecule has 0 aromatic carbocycles. The fourth-order valence-corrected chi connectivity index (χ4v) is 15.6. The quantitative estimate of drug-likeness (QED) is 0.0199. The number of amides is 2. The summed E-state index contributed by atoms with van der Waals surface area (Å²) in [7, 11) is 0. The van der Waals surface area contributed by atoms with Crippen molar-refractivity contribution in [3.63, 3.8) is 0 Å². The predicted molar refractivity (Wildman–Crippen MR) is 431 cm³/mol. The van der Waals surface area contributed by atoms with Crippen molar-refractivity contribution in [3.8, 4) is 0 Å². The summed E-state index contributed by atoms with van der Waals surface area (Å²) in [5, 5.41) is 137. The second-order valence-electron chi connectivity index (χ2n) is 32.5. The second-order valence-corrected chi connectivity index (χ2v) is 32.5. The van der Waals surface area contributed by atoms with E-state index in [1.165, 1.54) is 283 Å². The molecule has 3 heterocycles. The minimum atomic E-state index is -3.08. The molecule has 3 saturated heterocycles. The van der Waals surface area contributed by atoms with E-state index in [-0.39, 0.29) is 12.3 Å². The maximum atomic E-state index is 13.6. The van der Waals surface area contributed by atoms with Gasteiger partial charge in [0.15, 0.2) is 12.6 Å². The number of carboxylic acids is 1. The summed E-state index contributed by atoms with van der Waals surface area (Å²) in [4.78, 5) is 38.8. The van der Waals surface area contributed by atoms with Gasteiger partial charge >= 0.3 is 5.97 Å². The number of allylic oxidation sites excluding steroid dienone is 3. The van der Waals surface area contributed by atoms with Crippen molar-refractivity contribution in [2.75, 3.05) is 26.4 Å². The predicted octanol–water partition coefficient (Wildman–Crippen LogP) is 13.9. The number of aliphatic carboxylic acids is 1. The van der Waals surface area contributed by atoms with Gasteiger partial charge in [0.05, 0.1) is 50.7 Å². The van der Waals surface area contributed by atoms with Gasteiger partial charge in [0, 0.05) is 19.8 Å². The molecule has 646 valence electrons. The Bertz CT molecular complexity index is 2270. The number of aliphatic hydroxyl groups excluding tert-OH is 11. The number of aliphatic hydroxyl groups is 11. The van der Waals surface area contributed by atoms with E-state index in [0.717, 1.165) is 51.9 Å². The molecule has 3 aliphatic rings. The highest BCUT2D eigenvalue weighted by molar-refractivity contribution is 5.77. The molecule has 14 N–H and O–H groups in total. The number of carbonyl (C=O) groups is 3. The average Bonchev–Trinajstić information content (AvgIpc) is 0.753. The molecular formula is C87H162N2O21. The molecule has 0 spiro atoms. The Morgan fingerprint density at radius 3 is 1.24 bits per heavy atom. The highest BCUT2D eigenvalue weighted by Crippen LogP contribution is 2.39. The molecule has 110 heavy (non-hydrogen) atoms. The Balaban J connectivity index is 1.46. The maximum Gasteiger partial charge on any atom is 0.364 e. The second kappa shape index (κ2) is 65.3. The zero-order valence-electron chi connectivity index (χ0n) is 68.9. The number of unbranched alkanes of at least 4 members (excludes halogenated alkanes) is 50. The normalized spacial score (nSPS) is 25.7. The van der Waals surface area contributed by atoms with E-state index < -0.39 is 155 Å². The van der Waals surface area contributed by atoms with Crippen molar-refractivity contribution in [2.24, 2.45) is 0 Å². The topological polar surface area (TPSA) is 373 Å². The number of carbonyl (C=O) groups excluding carboxylic acids is 2. The molecule has 18 unspecified atom stereocenters.